The molecule has 0 bridgehead atoms. The monoisotopic (exact) mass is 264 g/mol. The zero-order chi connectivity index (χ0) is 14.3. The van der Waals surface area contributed by atoms with Crippen LogP contribution in [0.2, 0.25) is 0 Å². The first-order valence-corrected chi connectivity index (χ1v) is 6.79. The molecule has 0 aromatic heterocycles. The molecule has 19 heavy (non-hydrogen) atoms. The van der Waals surface area contributed by atoms with Crippen LogP contribution < -0.4 is 5.73 Å². The maximum atomic E-state index is 11.3. The fraction of sp³-hybridized carbons (Fsp3) is 0.533. The average Bonchev–Trinajstić information content (AvgIpc) is 2.74. The van der Waals surface area contributed by atoms with E-state index in [9.17, 15) is 4.79 Å². The zero-order valence-corrected chi connectivity index (χ0v) is 12.0. The Morgan fingerprint density at radius 1 is 1.32 bits per heavy atom. The van der Waals surface area contributed by atoms with Gasteiger partial charge in [0.05, 0.1) is 12.1 Å². The Balaban J connectivity index is 0.000000861. The lowest BCUT2D eigenvalue weighted by atomic mass is 10.1. The van der Waals surface area contributed by atoms with Crippen molar-refractivity contribution in [3.05, 3.63) is 35.9 Å². The first kappa shape index (κ1) is 15.8. The summed E-state index contributed by atoms with van der Waals surface area (Å²) in [5.74, 6) is 0.00288. The second kappa shape index (κ2) is 8.04. The molecule has 4 nitrogen and oxygen atoms in total. The molecule has 0 aliphatic carbocycles. The molecule has 2 N–H and O–H groups in total. The fourth-order valence-corrected chi connectivity index (χ4v) is 2.03. The highest BCUT2D eigenvalue weighted by Crippen LogP contribution is 2.11. The molecule has 1 fully saturated rings. The number of carbonyl (C=O) groups is 1. The van der Waals surface area contributed by atoms with E-state index in [0.717, 1.165) is 6.54 Å². The minimum atomic E-state index is -0.465. The number of hydrogen-bond acceptors (Lipinski definition) is 4. The molecule has 2 unspecified atom stereocenters. The van der Waals surface area contributed by atoms with Crippen molar-refractivity contribution in [2.75, 3.05) is 20.2 Å². The number of hydrogen-bond donors (Lipinski definition) is 1. The van der Waals surface area contributed by atoms with Gasteiger partial charge in [-0.3, -0.25) is 9.69 Å². The summed E-state index contributed by atoms with van der Waals surface area (Å²) in [5.41, 5.74) is 7.01. The van der Waals surface area contributed by atoms with Crippen molar-refractivity contribution < 1.29 is 9.53 Å². The van der Waals surface area contributed by atoms with Crippen LogP contribution in [0.25, 0.3) is 0 Å². The van der Waals surface area contributed by atoms with E-state index >= 15 is 0 Å². The molecule has 1 saturated heterocycles. The van der Waals surface area contributed by atoms with E-state index in [4.69, 9.17) is 10.5 Å². The van der Waals surface area contributed by atoms with Crippen LogP contribution in [-0.4, -0.2) is 43.0 Å². The Labute approximate surface area is 115 Å². The second-order valence-corrected chi connectivity index (χ2v) is 4.52. The number of ketones is 1. The molecule has 1 aliphatic heterocycles. The Kier molecular flexibility index (Phi) is 6.70. The van der Waals surface area contributed by atoms with E-state index in [1.165, 1.54) is 5.56 Å². The molecule has 1 aromatic rings. The topological polar surface area (TPSA) is 55.6 Å². The third-order valence-corrected chi connectivity index (χ3v) is 3.00. The van der Waals surface area contributed by atoms with Gasteiger partial charge in [0.25, 0.3) is 0 Å². The van der Waals surface area contributed by atoms with Crippen LogP contribution in [-0.2, 0) is 16.1 Å². The number of benzene rings is 1. The Morgan fingerprint density at radius 3 is 2.47 bits per heavy atom. The maximum absolute atomic E-state index is 11.3. The van der Waals surface area contributed by atoms with Crippen molar-refractivity contribution in [2.24, 2.45) is 5.73 Å². The summed E-state index contributed by atoms with van der Waals surface area (Å²) in [5, 5.41) is 0. The van der Waals surface area contributed by atoms with Crippen molar-refractivity contribution in [2.45, 2.75) is 32.5 Å². The van der Waals surface area contributed by atoms with E-state index in [1.54, 1.807) is 0 Å². The largest absolute Gasteiger partial charge is 0.367 e. The first-order chi connectivity index (χ1) is 9.16. The van der Waals surface area contributed by atoms with Gasteiger partial charge in [0.2, 0.25) is 0 Å². The number of carbonyl (C=O) groups excluding carboxylic acids is 1. The highest BCUT2D eigenvalue weighted by molar-refractivity contribution is 5.87. The first-order valence-electron chi connectivity index (χ1n) is 6.79. The van der Waals surface area contributed by atoms with Gasteiger partial charge in [-0.05, 0) is 12.6 Å². The van der Waals surface area contributed by atoms with Gasteiger partial charge in [0, 0.05) is 13.1 Å². The summed E-state index contributed by atoms with van der Waals surface area (Å²) >= 11 is 0. The SMILES string of the molecule is CC.CN(Cc1ccccc1)CC1OCC(=O)C1N. The number of likely N-dealkylation sites (N-methyl/N-ethyl adjacent to an activating group) is 1. The molecule has 2 rings (SSSR count). The number of nitrogens with two attached hydrogens (primary N) is 1. The third-order valence-electron chi connectivity index (χ3n) is 3.00. The number of Topliss-reactive ketones (excluding diaryl/α,β-unsaturated/α-hetero) is 1. The Hall–Kier alpha value is -1.23. The van der Waals surface area contributed by atoms with Gasteiger partial charge in [-0.2, -0.15) is 0 Å². The lowest BCUT2D eigenvalue weighted by molar-refractivity contribution is -0.118. The lowest BCUT2D eigenvalue weighted by Crippen LogP contribution is -2.42. The molecule has 0 amide bonds. The predicted molar refractivity (Wildman–Crippen MR) is 76.8 cm³/mol. The standard InChI is InChI=1S/C13H18N2O2.C2H6/c1-15(7-10-5-3-2-4-6-10)8-12-13(14)11(16)9-17-12;1-2/h2-6,12-13H,7-9,14H2,1H3;1-2H3. The highest BCUT2D eigenvalue weighted by Gasteiger charge is 2.33. The van der Waals surface area contributed by atoms with Gasteiger partial charge in [0.15, 0.2) is 5.78 Å². The summed E-state index contributed by atoms with van der Waals surface area (Å²) in [6, 6.07) is 9.73. The lowest BCUT2D eigenvalue weighted by Gasteiger charge is -2.22. The van der Waals surface area contributed by atoms with E-state index in [2.05, 4.69) is 17.0 Å². The normalized spacial score (nSPS) is 22.3. The van der Waals surface area contributed by atoms with Crippen LogP contribution in [0.15, 0.2) is 30.3 Å². The molecule has 1 aliphatic rings. The molecule has 0 spiro atoms. The second-order valence-electron chi connectivity index (χ2n) is 4.52. The van der Waals surface area contributed by atoms with Crippen LogP contribution in [0.1, 0.15) is 19.4 Å². The van der Waals surface area contributed by atoms with Crippen LogP contribution in [0, 0.1) is 0 Å². The Bertz CT molecular complexity index is 381. The molecule has 2 atom stereocenters. The van der Waals surface area contributed by atoms with Gasteiger partial charge in [-0.1, -0.05) is 44.2 Å². The molecule has 1 heterocycles. The molecule has 4 heteroatoms. The van der Waals surface area contributed by atoms with Gasteiger partial charge >= 0.3 is 0 Å². The minimum Gasteiger partial charge on any atom is -0.367 e. The number of rotatable bonds is 4. The van der Waals surface area contributed by atoms with E-state index in [1.807, 2.05) is 39.1 Å². The minimum absolute atomic E-state index is 0.00288. The zero-order valence-electron chi connectivity index (χ0n) is 12.0. The van der Waals surface area contributed by atoms with Crippen molar-refractivity contribution in [3.63, 3.8) is 0 Å². The van der Waals surface area contributed by atoms with Crippen LogP contribution >= 0.6 is 0 Å². The summed E-state index contributed by atoms with van der Waals surface area (Å²) in [4.78, 5) is 13.4. The number of nitrogens with zero attached hydrogens (tertiary/aromatic N) is 1. The van der Waals surface area contributed by atoms with E-state index < -0.39 is 6.04 Å². The predicted octanol–water partition coefficient (Wildman–Crippen LogP) is 1.44. The van der Waals surface area contributed by atoms with Gasteiger partial charge in [-0.15, -0.1) is 0 Å². The summed E-state index contributed by atoms with van der Waals surface area (Å²) < 4.78 is 5.37. The summed E-state index contributed by atoms with van der Waals surface area (Å²) in [6.45, 7) is 5.68. The number of ether oxygens (including phenoxy) is 1. The van der Waals surface area contributed by atoms with Gasteiger partial charge in [0.1, 0.15) is 6.61 Å². The van der Waals surface area contributed by atoms with Crippen molar-refractivity contribution >= 4 is 5.78 Å². The van der Waals surface area contributed by atoms with E-state index in [-0.39, 0.29) is 18.5 Å². The average molecular weight is 264 g/mol. The Morgan fingerprint density at radius 2 is 1.95 bits per heavy atom. The molecule has 1 aromatic carbocycles. The molecule has 106 valence electrons. The molecular formula is C15H24N2O2. The van der Waals surface area contributed by atoms with E-state index in [0.29, 0.717) is 6.54 Å². The summed E-state index contributed by atoms with van der Waals surface area (Å²) in [6.07, 6.45) is -0.170. The quantitative estimate of drug-likeness (QED) is 0.894. The van der Waals surface area contributed by atoms with Crippen molar-refractivity contribution in [3.8, 4) is 0 Å². The van der Waals surface area contributed by atoms with Crippen molar-refractivity contribution in [1.29, 1.82) is 0 Å². The molecule has 0 radical (unpaired) electrons. The van der Waals surface area contributed by atoms with Crippen LogP contribution in [0.4, 0.5) is 0 Å². The summed E-state index contributed by atoms with van der Waals surface area (Å²) in [7, 11) is 2.01. The van der Waals surface area contributed by atoms with Crippen molar-refractivity contribution in [1.82, 2.24) is 4.90 Å². The molecular weight excluding hydrogens is 240 g/mol. The molecule has 0 saturated carbocycles. The van der Waals surface area contributed by atoms with Crippen LogP contribution in [0.5, 0.6) is 0 Å². The smallest absolute Gasteiger partial charge is 0.177 e. The van der Waals surface area contributed by atoms with Crippen LogP contribution in [0.3, 0.4) is 0 Å². The van der Waals surface area contributed by atoms with Gasteiger partial charge in [-0.25, -0.2) is 0 Å². The fourth-order valence-electron chi connectivity index (χ4n) is 2.03. The third kappa shape index (κ3) is 4.74. The highest BCUT2D eigenvalue weighted by atomic mass is 16.5. The van der Waals surface area contributed by atoms with Gasteiger partial charge < -0.3 is 10.5 Å². The maximum Gasteiger partial charge on any atom is 0.177 e.